The Bertz CT molecular complexity index is 882. The maximum Gasteiger partial charge on any atom is 0.351 e. The van der Waals surface area contributed by atoms with Gasteiger partial charge in [-0.25, -0.2) is 4.79 Å². The summed E-state index contributed by atoms with van der Waals surface area (Å²) < 4.78 is 11.9. The number of carbonyl (C=O) groups is 2. The van der Waals surface area contributed by atoms with E-state index in [4.69, 9.17) is 9.47 Å². The minimum absolute atomic E-state index is 0.110. The van der Waals surface area contributed by atoms with Crippen molar-refractivity contribution >= 4 is 17.7 Å². The minimum Gasteiger partial charge on any atom is -0.460 e. The number of nitrogens with one attached hydrogen (secondary N) is 1. The number of hydrogen-bond donors (Lipinski definition) is 2. The van der Waals surface area contributed by atoms with Crippen LogP contribution in [0, 0.1) is 0 Å². The lowest BCUT2D eigenvalue weighted by Crippen LogP contribution is -2.29. The van der Waals surface area contributed by atoms with Crippen LogP contribution in [0.15, 0.2) is 47.4 Å². The van der Waals surface area contributed by atoms with Crippen LogP contribution in [0.2, 0.25) is 0 Å². The highest BCUT2D eigenvalue weighted by molar-refractivity contribution is 6.03. The van der Waals surface area contributed by atoms with Crippen molar-refractivity contribution in [3.05, 3.63) is 58.6 Å². The van der Waals surface area contributed by atoms with Crippen LogP contribution in [-0.4, -0.2) is 45.3 Å². The number of aromatic nitrogens is 2. The Morgan fingerprint density at radius 2 is 2.07 bits per heavy atom. The summed E-state index contributed by atoms with van der Waals surface area (Å²) in [5.74, 6) is -0.766. The molecule has 0 bridgehead atoms. The summed E-state index contributed by atoms with van der Waals surface area (Å²) in [6.45, 7) is 0.918. The first-order chi connectivity index (χ1) is 13.0. The highest BCUT2D eigenvalue weighted by Crippen LogP contribution is 2.29. The van der Waals surface area contributed by atoms with E-state index in [-0.39, 0.29) is 24.8 Å². The number of esters is 1. The number of aliphatic hydroxyl groups excluding tert-OH is 1. The second kappa shape index (κ2) is 8.11. The van der Waals surface area contributed by atoms with Gasteiger partial charge in [0.15, 0.2) is 0 Å². The standard InChI is InChI=1S/C18H19N3O6/c1-11(23)26-13-9-16(27-14(13)10-22)21-8-7-15(20-18(21)25)19-17(24)12-5-3-2-4-6-12/h2-8,13-14,16,22H,9-10H2,1H3,(H,19,20,24,25)/t13?,14-,16-/m1/s1. The predicted molar refractivity (Wildman–Crippen MR) is 94.1 cm³/mol. The first kappa shape index (κ1) is 18.7. The van der Waals surface area contributed by atoms with E-state index in [0.717, 1.165) is 0 Å². The van der Waals surface area contributed by atoms with Crippen LogP contribution >= 0.6 is 0 Å². The zero-order chi connectivity index (χ0) is 19.4. The summed E-state index contributed by atoms with van der Waals surface area (Å²) in [5, 5.41) is 11.9. The van der Waals surface area contributed by atoms with Crippen LogP contribution in [0.3, 0.4) is 0 Å². The molecule has 9 heteroatoms. The third-order valence-corrected chi connectivity index (χ3v) is 4.10. The molecule has 1 aliphatic rings. The van der Waals surface area contributed by atoms with Gasteiger partial charge in [-0.3, -0.25) is 14.2 Å². The maximum atomic E-state index is 12.3. The summed E-state index contributed by atoms with van der Waals surface area (Å²) in [7, 11) is 0. The number of aliphatic hydroxyl groups is 1. The van der Waals surface area contributed by atoms with E-state index in [0.29, 0.717) is 5.56 Å². The monoisotopic (exact) mass is 373 g/mol. The first-order valence-corrected chi connectivity index (χ1v) is 8.37. The van der Waals surface area contributed by atoms with Crippen molar-refractivity contribution in [2.75, 3.05) is 11.9 Å². The molecule has 1 unspecified atom stereocenters. The number of amides is 1. The van der Waals surface area contributed by atoms with Gasteiger partial charge in [0, 0.05) is 25.1 Å². The lowest BCUT2D eigenvalue weighted by molar-refractivity contribution is -0.150. The summed E-state index contributed by atoms with van der Waals surface area (Å²) in [6, 6.07) is 10.0. The van der Waals surface area contributed by atoms with Crippen LogP contribution in [-0.2, 0) is 14.3 Å². The van der Waals surface area contributed by atoms with Gasteiger partial charge in [0.1, 0.15) is 24.3 Å². The van der Waals surface area contributed by atoms with Gasteiger partial charge in [-0.1, -0.05) is 18.2 Å². The molecular weight excluding hydrogens is 354 g/mol. The van der Waals surface area contributed by atoms with Crippen LogP contribution in [0.5, 0.6) is 0 Å². The number of nitrogens with zero attached hydrogens (tertiary/aromatic N) is 2. The number of carbonyl (C=O) groups excluding carboxylic acids is 2. The molecule has 1 fully saturated rings. The summed E-state index contributed by atoms with van der Waals surface area (Å²) in [6.07, 6.45) is -0.455. The molecule has 0 spiro atoms. The summed E-state index contributed by atoms with van der Waals surface area (Å²) in [4.78, 5) is 39.5. The topological polar surface area (TPSA) is 120 Å². The van der Waals surface area contributed by atoms with E-state index in [1.807, 2.05) is 0 Å². The number of hydrogen-bond acceptors (Lipinski definition) is 7. The SMILES string of the molecule is CC(=O)OC1C[C@H](n2ccc(NC(=O)c3ccccc3)nc2=O)O[C@@H]1CO. The quantitative estimate of drug-likeness (QED) is 0.741. The van der Waals surface area contributed by atoms with Gasteiger partial charge in [0.2, 0.25) is 0 Å². The zero-order valence-corrected chi connectivity index (χ0v) is 14.6. The molecule has 0 radical (unpaired) electrons. The van der Waals surface area contributed by atoms with Gasteiger partial charge in [0.05, 0.1) is 6.61 Å². The van der Waals surface area contributed by atoms with E-state index in [9.17, 15) is 19.5 Å². The molecule has 3 atom stereocenters. The normalized spacial score (nSPS) is 21.6. The van der Waals surface area contributed by atoms with Gasteiger partial charge < -0.3 is 19.9 Å². The molecule has 3 rings (SSSR count). The zero-order valence-electron chi connectivity index (χ0n) is 14.6. The van der Waals surface area contributed by atoms with E-state index in [1.54, 1.807) is 30.3 Å². The highest BCUT2D eigenvalue weighted by Gasteiger charge is 2.38. The van der Waals surface area contributed by atoms with Crippen LogP contribution in [0.1, 0.15) is 29.9 Å². The fourth-order valence-electron chi connectivity index (χ4n) is 2.85. The third-order valence-electron chi connectivity index (χ3n) is 4.10. The summed E-state index contributed by atoms with van der Waals surface area (Å²) >= 11 is 0. The molecule has 2 heterocycles. The van der Waals surface area contributed by atoms with Gasteiger partial charge in [-0.15, -0.1) is 0 Å². The summed E-state index contributed by atoms with van der Waals surface area (Å²) in [5.41, 5.74) is -0.191. The molecule has 1 aromatic heterocycles. The predicted octanol–water partition coefficient (Wildman–Crippen LogP) is 0.707. The van der Waals surface area contributed by atoms with Crippen LogP contribution in [0.4, 0.5) is 5.82 Å². The second-order valence-corrected chi connectivity index (χ2v) is 6.02. The molecule has 2 N–H and O–H groups in total. The lowest BCUT2D eigenvalue weighted by atomic mass is 10.2. The smallest absolute Gasteiger partial charge is 0.351 e. The molecule has 0 aliphatic carbocycles. The Morgan fingerprint density at radius 3 is 2.70 bits per heavy atom. The van der Waals surface area contributed by atoms with Gasteiger partial charge in [-0.2, -0.15) is 4.98 Å². The number of ether oxygens (including phenoxy) is 2. The maximum absolute atomic E-state index is 12.3. The first-order valence-electron chi connectivity index (χ1n) is 8.37. The number of benzene rings is 1. The van der Waals surface area contributed by atoms with Gasteiger partial charge in [0.25, 0.3) is 5.91 Å². The van der Waals surface area contributed by atoms with E-state index in [2.05, 4.69) is 10.3 Å². The molecule has 0 saturated carbocycles. The van der Waals surface area contributed by atoms with Crippen molar-refractivity contribution in [3.63, 3.8) is 0 Å². The van der Waals surface area contributed by atoms with E-state index in [1.165, 1.54) is 23.8 Å². The molecule has 1 aliphatic heterocycles. The van der Waals surface area contributed by atoms with Crippen molar-refractivity contribution < 1.29 is 24.2 Å². The fourth-order valence-corrected chi connectivity index (χ4v) is 2.85. The Kier molecular flexibility index (Phi) is 5.63. The average Bonchev–Trinajstić information content (AvgIpc) is 3.04. The molecule has 9 nitrogen and oxygen atoms in total. The van der Waals surface area contributed by atoms with Gasteiger partial charge in [-0.05, 0) is 18.2 Å². The van der Waals surface area contributed by atoms with E-state index >= 15 is 0 Å². The molecule has 1 aromatic carbocycles. The van der Waals surface area contributed by atoms with Crippen molar-refractivity contribution in [3.8, 4) is 0 Å². The van der Waals surface area contributed by atoms with Gasteiger partial charge >= 0.3 is 11.7 Å². The Morgan fingerprint density at radius 1 is 1.33 bits per heavy atom. The average molecular weight is 373 g/mol. The molecule has 142 valence electrons. The third kappa shape index (κ3) is 4.39. The van der Waals surface area contributed by atoms with Crippen molar-refractivity contribution in [1.29, 1.82) is 0 Å². The lowest BCUT2D eigenvalue weighted by Gasteiger charge is -2.15. The van der Waals surface area contributed by atoms with Crippen molar-refractivity contribution in [2.45, 2.75) is 31.8 Å². The number of rotatable bonds is 5. The molecular formula is C18H19N3O6. The molecule has 27 heavy (non-hydrogen) atoms. The fraction of sp³-hybridized carbons (Fsp3) is 0.333. The Balaban J connectivity index is 1.73. The van der Waals surface area contributed by atoms with Crippen molar-refractivity contribution in [2.24, 2.45) is 0 Å². The highest BCUT2D eigenvalue weighted by atomic mass is 16.6. The van der Waals surface area contributed by atoms with Crippen molar-refractivity contribution in [1.82, 2.24) is 9.55 Å². The second-order valence-electron chi connectivity index (χ2n) is 6.02. The Labute approximate surface area is 154 Å². The molecule has 1 saturated heterocycles. The number of anilines is 1. The van der Waals surface area contributed by atoms with Crippen LogP contribution < -0.4 is 11.0 Å². The van der Waals surface area contributed by atoms with Crippen LogP contribution in [0.25, 0.3) is 0 Å². The van der Waals surface area contributed by atoms with E-state index < -0.39 is 30.1 Å². The molecule has 2 aromatic rings. The largest absolute Gasteiger partial charge is 0.460 e. The molecule has 1 amide bonds. The Hall–Kier alpha value is -3.04. The minimum atomic E-state index is -0.731.